The standard InChI is InChI=1S/C20H22F3N3O3/c1-28-17-8-4-16(5-9-17)25-10-12-26(13-11-25)19(27)14-24-15-2-6-18(7-3-15)29-20(21,22)23/h2-9,24H,10-14H2,1H3. The molecule has 9 heteroatoms. The van der Waals surface area contributed by atoms with E-state index in [1.165, 1.54) is 24.3 Å². The molecule has 1 amide bonds. The van der Waals surface area contributed by atoms with E-state index < -0.39 is 6.36 Å². The number of nitrogens with zero attached hydrogens (tertiary/aromatic N) is 2. The molecule has 1 aliphatic rings. The van der Waals surface area contributed by atoms with Crippen molar-refractivity contribution in [1.29, 1.82) is 0 Å². The second kappa shape index (κ2) is 8.93. The lowest BCUT2D eigenvalue weighted by Crippen LogP contribution is -2.50. The molecular weight excluding hydrogens is 387 g/mol. The highest BCUT2D eigenvalue weighted by atomic mass is 19.4. The molecule has 0 unspecified atom stereocenters. The summed E-state index contributed by atoms with van der Waals surface area (Å²) in [5, 5.41) is 2.93. The maximum Gasteiger partial charge on any atom is 0.573 e. The molecule has 156 valence electrons. The number of carbonyl (C=O) groups is 1. The quantitative estimate of drug-likeness (QED) is 0.793. The molecule has 0 radical (unpaired) electrons. The van der Waals surface area contributed by atoms with E-state index in [1.54, 1.807) is 12.0 Å². The number of anilines is 2. The molecule has 0 saturated carbocycles. The summed E-state index contributed by atoms with van der Waals surface area (Å²) in [4.78, 5) is 16.4. The van der Waals surface area contributed by atoms with Crippen molar-refractivity contribution in [3.05, 3.63) is 48.5 Å². The zero-order valence-corrected chi connectivity index (χ0v) is 15.9. The third-order valence-electron chi connectivity index (χ3n) is 4.60. The second-order valence-electron chi connectivity index (χ2n) is 6.49. The van der Waals surface area contributed by atoms with E-state index in [9.17, 15) is 18.0 Å². The SMILES string of the molecule is COc1ccc(N2CCN(C(=O)CNc3ccc(OC(F)(F)F)cc3)CC2)cc1. The summed E-state index contributed by atoms with van der Waals surface area (Å²) in [7, 11) is 1.62. The number of hydrogen-bond acceptors (Lipinski definition) is 5. The van der Waals surface area contributed by atoms with Gasteiger partial charge in [0, 0.05) is 37.6 Å². The van der Waals surface area contributed by atoms with Crippen LogP contribution in [0.5, 0.6) is 11.5 Å². The molecule has 0 bridgehead atoms. The Kier molecular flexibility index (Phi) is 6.36. The van der Waals surface area contributed by atoms with Crippen LogP contribution in [0, 0.1) is 0 Å². The van der Waals surface area contributed by atoms with Gasteiger partial charge in [0.05, 0.1) is 13.7 Å². The fourth-order valence-corrected chi connectivity index (χ4v) is 3.07. The van der Waals surface area contributed by atoms with E-state index in [-0.39, 0.29) is 18.2 Å². The number of rotatable bonds is 6. The minimum atomic E-state index is -4.72. The lowest BCUT2D eigenvalue weighted by Gasteiger charge is -2.36. The lowest BCUT2D eigenvalue weighted by molar-refractivity contribution is -0.274. The normalized spacial score (nSPS) is 14.5. The van der Waals surface area contributed by atoms with Gasteiger partial charge in [0.2, 0.25) is 5.91 Å². The molecule has 2 aromatic rings. The van der Waals surface area contributed by atoms with Gasteiger partial charge in [0.25, 0.3) is 0 Å². The molecule has 0 atom stereocenters. The van der Waals surface area contributed by atoms with Crippen LogP contribution >= 0.6 is 0 Å². The van der Waals surface area contributed by atoms with Crippen LogP contribution in [-0.4, -0.2) is 57.0 Å². The van der Waals surface area contributed by atoms with Crippen molar-refractivity contribution in [2.24, 2.45) is 0 Å². The first-order chi connectivity index (χ1) is 13.8. The molecule has 1 fully saturated rings. The largest absolute Gasteiger partial charge is 0.573 e. The molecule has 1 saturated heterocycles. The van der Waals surface area contributed by atoms with Crippen molar-refractivity contribution in [2.45, 2.75) is 6.36 Å². The van der Waals surface area contributed by atoms with Crippen molar-refractivity contribution in [1.82, 2.24) is 4.90 Å². The Hall–Kier alpha value is -3.10. The topological polar surface area (TPSA) is 54.0 Å². The predicted octanol–water partition coefficient (Wildman–Crippen LogP) is 3.35. The zero-order valence-electron chi connectivity index (χ0n) is 15.9. The van der Waals surface area contributed by atoms with E-state index in [0.29, 0.717) is 18.8 Å². The summed E-state index contributed by atoms with van der Waals surface area (Å²) < 4.78 is 45.5. The number of alkyl halides is 3. The molecule has 29 heavy (non-hydrogen) atoms. The summed E-state index contributed by atoms with van der Waals surface area (Å²) in [6, 6.07) is 13.1. The van der Waals surface area contributed by atoms with Gasteiger partial charge in [-0.1, -0.05) is 0 Å². The van der Waals surface area contributed by atoms with Crippen LogP contribution in [-0.2, 0) is 4.79 Å². The molecular formula is C20H22F3N3O3. The summed E-state index contributed by atoms with van der Waals surface area (Å²) in [6.45, 7) is 2.72. The first kappa shape index (κ1) is 20.6. The van der Waals surface area contributed by atoms with Gasteiger partial charge >= 0.3 is 6.36 Å². The second-order valence-corrected chi connectivity index (χ2v) is 6.49. The Morgan fingerprint density at radius 1 is 0.966 bits per heavy atom. The minimum Gasteiger partial charge on any atom is -0.497 e. The smallest absolute Gasteiger partial charge is 0.497 e. The molecule has 1 aliphatic heterocycles. The van der Waals surface area contributed by atoms with Crippen LogP contribution in [0.2, 0.25) is 0 Å². The van der Waals surface area contributed by atoms with Gasteiger partial charge < -0.3 is 24.6 Å². The average molecular weight is 409 g/mol. The number of halogens is 3. The fraction of sp³-hybridized carbons (Fsp3) is 0.350. The predicted molar refractivity (Wildman–Crippen MR) is 103 cm³/mol. The Balaban J connectivity index is 1.44. The lowest BCUT2D eigenvalue weighted by atomic mass is 10.2. The van der Waals surface area contributed by atoms with Crippen molar-refractivity contribution in [3.63, 3.8) is 0 Å². The van der Waals surface area contributed by atoms with E-state index in [0.717, 1.165) is 24.5 Å². The highest BCUT2D eigenvalue weighted by Crippen LogP contribution is 2.24. The van der Waals surface area contributed by atoms with Crippen LogP contribution in [0.1, 0.15) is 0 Å². The number of piperazine rings is 1. The van der Waals surface area contributed by atoms with Gasteiger partial charge in [-0.05, 0) is 48.5 Å². The zero-order chi connectivity index (χ0) is 20.9. The van der Waals surface area contributed by atoms with Crippen molar-refractivity contribution in [3.8, 4) is 11.5 Å². The average Bonchev–Trinajstić information content (AvgIpc) is 2.72. The number of methoxy groups -OCH3 is 1. The maximum absolute atomic E-state index is 12.4. The Morgan fingerprint density at radius 3 is 2.10 bits per heavy atom. The monoisotopic (exact) mass is 409 g/mol. The summed E-state index contributed by atoms with van der Waals surface area (Å²) >= 11 is 0. The van der Waals surface area contributed by atoms with Crippen molar-refractivity contribution in [2.75, 3.05) is 50.1 Å². The molecule has 3 rings (SSSR count). The van der Waals surface area contributed by atoms with E-state index in [4.69, 9.17) is 4.74 Å². The van der Waals surface area contributed by atoms with Crippen molar-refractivity contribution >= 4 is 17.3 Å². The molecule has 0 aliphatic carbocycles. The minimum absolute atomic E-state index is 0.0602. The number of amides is 1. The number of carbonyl (C=O) groups excluding carboxylic acids is 1. The van der Waals surface area contributed by atoms with Crippen molar-refractivity contribution < 1.29 is 27.4 Å². The van der Waals surface area contributed by atoms with Crippen LogP contribution in [0.3, 0.4) is 0 Å². The summed E-state index contributed by atoms with van der Waals surface area (Å²) in [6.07, 6.45) is -4.72. The molecule has 1 N–H and O–H groups in total. The number of nitrogens with one attached hydrogen (secondary N) is 1. The summed E-state index contributed by atoms with van der Waals surface area (Å²) in [5.74, 6) is 0.436. The van der Waals surface area contributed by atoms with Gasteiger partial charge in [-0.3, -0.25) is 4.79 Å². The van der Waals surface area contributed by atoms with Crippen LogP contribution < -0.4 is 19.7 Å². The molecule has 1 heterocycles. The first-order valence-corrected chi connectivity index (χ1v) is 9.10. The third kappa shape index (κ3) is 5.94. The van der Waals surface area contributed by atoms with E-state index in [1.807, 2.05) is 24.3 Å². The molecule has 6 nitrogen and oxygen atoms in total. The number of hydrogen-bond donors (Lipinski definition) is 1. The Morgan fingerprint density at radius 2 is 1.55 bits per heavy atom. The van der Waals surface area contributed by atoms with Gasteiger partial charge in [0.1, 0.15) is 11.5 Å². The molecule has 2 aromatic carbocycles. The molecule has 0 spiro atoms. The highest BCUT2D eigenvalue weighted by molar-refractivity contribution is 5.81. The maximum atomic E-state index is 12.4. The van der Waals surface area contributed by atoms with E-state index >= 15 is 0 Å². The van der Waals surface area contributed by atoms with Gasteiger partial charge in [-0.15, -0.1) is 13.2 Å². The van der Waals surface area contributed by atoms with Gasteiger partial charge in [0.15, 0.2) is 0 Å². The highest BCUT2D eigenvalue weighted by Gasteiger charge is 2.31. The third-order valence-corrected chi connectivity index (χ3v) is 4.60. The van der Waals surface area contributed by atoms with Crippen LogP contribution in [0.4, 0.5) is 24.5 Å². The summed E-state index contributed by atoms with van der Waals surface area (Å²) in [5.41, 5.74) is 1.63. The fourth-order valence-electron chi connectivity index (χ4n) is 3.07. The number of ether oxygens (including phenoxy) is 2. The molecule has 0 aromatic heterocycles. The number of benzene rings is 2. The van der Waals surface area contributed by atoms with Gasteiger partial charge in [-0.2, -0.15) is 0 Å². The van der Waals surface area contributed by atoms with E-state index in [2.05, 4.69) is 15.0 Å². The van der Waals surface area contributed by atoms with Crippen LogP contribution in [0.25, 0.3) is 0 Å². The van der Waals surface area contributed by atoms with Crippen LogP contribution in [0.15, 0.2) is 48.5 Å². The Labute approximate surface area is 166 Å². The van der Waals surface area contributed by atoms with Gasteiger partial charge in [-0.25, -0.2) is 0 Å². The Bertz CT molecular complexity index is 802. The first-order valence-electron chi connectivity index (χ1n) is 9.10.